The lowest BCUT2D eigenvalue weighted by Crippen LogP contribution is -2.63. The number of rotatable bonds is 10. The number of hydrogen-bond acceptors (Lipinski definition) is 7. The maximum Gasteiger partial charge on any atom is 0.471 e. The fourth-order valence-corrected chi connectivity index (χ4v) is 4.97. The molecule has 1 fully saturated rings. The molecule has 12 heteroatoms. The molecule has 1 amide bonds. The van der Waals surface area contributed by atoms with Gasteiger partial charge in [-0.2, -0.15) is 21.6 Å². The van der Waals surface area contributed by atoms with E-state index in [0.29, 0.717) is 12.0 Å². The van der Waals surface area contributed by atoms with E-state index in [2.05, 4.69) is 0 Å². The normalized spacial score (nSPS) is 27.4. The Balaban J connectivity index is 2.41. The van der Waals surface area contributed by atoms with Gasteiger partial charge in [-0.15, -0.1) is 0 Å². The smallest absolute Gasteiger partial charge is 0.381 e. The molecule has 204 valence electrons. The van der Waals surface area contributed by atoms with Gasteiger partial charge >= 0.3 is 12.1 Å². The largest absolute Gasteiger partial charge is 0.471 e. The molecule has 0 aromatic heterocycles. The molecule has 0 saturated carbocycles. The molecular weight excluding hydrogens is 503 g/mol. The first-order valence-electron chi connectivity index (χ1n) is 11.4. The van der Waals surface area contributed by atoms with Crippen LogP contribution in [-0.2, 0) is 39.7 Å². The third-order valence-corrected chi connectivity index (χ3v) is 6.72. The average Bonchev–Trinajstić information content (AvgIpc) is 2.78. The van der Waals surface area contributed by atoms with E-state index >= 15 is 0 Å². The molecule has 0 unspecified atom stereocenters. The molecule has 1 saturated heterocycles. The maximum absolute atomic E-state index is 13.1. The summed E-state index contributed by atoms with van der Waals surface area (Å²) >= 11 is 0. The van der Waals surface area contributed by atoms with Gasteiger partial charge in [-0.1, -0.05) is 50.3 Å². The summed E-state index contributed by atoms with van der Waals surface area (Å²) in [7, 11) is -1.26. The number of benzene rings is 1. The second-order valence-electron chi connectivity index (χ2n) is 9.02. The summed E-state index contributed by atoms with van der Waals surface area (Å²) in [4.78, 5) is 11.8. The Labute approximate surface area is 210 Å². The number of carbonyl (C=O) groups excluding carboxylic acids is 1. The number of halogens is 3. The van der Waals surface area contributed by atoms with Crippen molar-refractivity contribution in [3.8, 4) is 0 Å². The van der Waals surface area contributed by atoms with Crippen molar-refractivity contribution in [1.82, 2.24) is 5.32 Å². The third kappa shape index (κ3) is 8.27. The Bertz CT molecular complexity index is 1000. The van der Waals surface area contributed by atoms with E-state index in [9.17, 15) is 26.4 Å². The SMILES string of the molecule is CO[C@H]1O[C@H](/C(C)=C/[C@H](C)[C@H](Cc2ccccc2)OC)[C@@H](OS(C)(=O)=O)[C@H](NC(=O)C(F)(F)F)[C@@H]1C. The summed E-state index contributed by atoms with van der Waals surface area (Å²) in [5.41, 5.74) is 1.55. The number of methoxy groups -OCH3 is 2. The van der Waals surface area contributed by atoms with Crippen LogP contribution in [-0.4, -0.2) is 71.6 Å². The summed E-state index contributed by atoms with van der Waals surface area (Å²) in [6, 6.07) is 8.29. The minimum Gasteiger partial charge on any atom is -0.381 e. The zero-order valence-corrected chi connectivity index (χ0v) is 21.9. The highest BCUT2D eigenvalue weighted by molar-refractivity contribution is 7.86. The van der Waals surface area contributed by atoms with Crippen molar-refractivity contribution in [2.45, 2.75) is 64.0 Å². The van der Waals surface area contributed by atoms with Crippen molar-refractivity contribution in [2.24, 2.45) is 11.8 Å². The zero-order valence-electron chi connectivity index (χ0n) is 21.1. The van der Waals surface area contributed by atoms with Crippen molar-refractivity contribution in [1.29, 1.82) is 0 Å². The van der Waals surface area contributed by atoms with E-state index < -0.39 is 52.7 Å². The minimum atomic E-state index is -5.17. The van der Waals surface area contributed by atoms with Crippen LogP contribution in [0.1, 0.15) is 26.3 Å². The summed E-state index contributed by atoms with van der Waals surface area (Å²) < 4.78 is 85.4. The molecule has 1 aromatic carbocycles. The standard InChI is InChI=1S/C24H34F3NO7S/c1-14(18(32-4)13-17-10-8-7-9-11-17)12-15(2)20-21(35-36(6,30)31)19(16(3)22(33-5)34-20)28-23(29)24(25,26)27/h7-12,14,16,18-22H,13H2,1-6H3,(H,28,29)/b15-12+/t14-,16-,18-,19+,20+,21-,22-/m0/s1. The molecule has 0 aliphatic carbocycles. The van der Waals surface area contributed by atoms with Gasteiger partial charge in [-0.3, -0.25) is 8.98 Å². The summed E-state index contributed by atoms with van der Waals surface area (Å²) in [5.74, 6) is -3.27. The van der Waals surface area contributed by atoms with Crippen LogP contribution in [0.5, 0.6) is 0 Å². The maximum atomic E-state index is 13.1. The van der Waals surface area contributed by atoms with Gasteiger partial charge in [0.05, 0.1) is 18.4 Å². The van der Waals surface area contributed by atoms with E-state index in [0.717, 1.165) is 11.8 Å². The van der Waals surface area contributed by atoms with Crippen molar-refractivity contribution < 1.29 is 44.8 Å². The second-order valence-corrected chi connectivity index (χ2v) is 10.6. The van der Waals surface area contributed by atoms with Gasteiger partial charge in [0.15, 0.2) is 6.29 Å². The van der Waals surface area contributed by atoms with Gasteiger partial charge in [0, 0.05) is 26.1 Å². The van der Waals surface area contributed by atoms with Crippen molar-refractivity contribution in [3.05, 3.63) is 47.5 Å². The highest BCUT2D eigenvalue weighted by atomic mass is 32.2. The summed E-state index contributed by atoms with van der Waals surface area (Å²) in [6.45, 7) is 5.03. The van der Waals surface area contributed by atoms with E-state index in [1.54, 1.807) is 20.1 Å². The number of ether oxygens (including phenoxy) is 3. The monoisotopic (exact) mass is 537 g/mol. The van der Waals surface area contributed by atoms with Gasteiger partial charge in [0.1, 0.15) is 12.2 Å². The van der Waals surface area contributed by atoms with Crippen molar-refractivity contribution >= 4 is 16.0 Å². The molecule has 8 nitrogen and oxygen atoms in total. The van der Waals surface area contributed by atoms with Crippen LogP contribution in [0, 0.1) is 11.8 Å². The first kappa shape index (κ1) is 30.2. The topological polar surface area (TPSA) is 100 Å². The van der Waals surface area contributed by atoms with E-state index in [1.165, 1.54) is 14.0 Å². The number of nitrogens with one attached hydrogen (secondary N) is 1. The van der Waals surface area contributed by atoms with E-state index in [4.69, 9.17) is 18.4 Å². The van der Waals surface area contributed by atoms with Gasteiger partial charge < -0.3 is 19.5 Å². The lowest BCUT2D eigenvalue weighted by Gasteiger charge is -2.45. The van der Waals surface area contributed by atoms with Crippen LogP contribution in [0.25, 0.3) is 0 Å². The van der Waals surface area contributed by atoms with Crippen LogP contribution in [0.4, 0.5) is 13.2 Å². The minimum absolute atomic E-state index is 0.193. The first-order chi connectivity index (χ1) is 16.7. The zero-order chi connectivity index (χ0) is 27.3. The molecule has 1 N–H and O–H groups in total. The lowest BCUT2D eigenvalue weighted by molar-refractivity contribution is -0.233. The fraction of sp³-hybridized carbons (Fsp3) is 0.625. The van der Waals surface area contributed by atoms with Crippen LogP contribution in [0.15, 0.2) is 42.0 Å². The first-order valence-corrected chi connectivity index (χ1v) is 13.2. The molecular formula is C24H34F3NO7S. The molecule has 0 spiro atoms. The van der Waals surface area contributed by atoms with Crippen LogP contribution < -0.4 is 5.32 Å². The fourth-order valence-electron chi connectivity index (χ4n) is 4.35. The molecule has 2 rings (SSSR count). The van der Waals surface area contributed by atoms with Crippen molar-refractivity contribution in [2.75, 3.05) is 20.5 Å². The van der Waals surface area contributed by atoms with Crippen molar-refractivity contribution in [3.63, 3.8) is 0 Å². The van der Waals surface area contributed by atoms with Crippen LogP contribution in [0.2, 0.25) is 0 Å². The summed E-state index contributed by atoms with van der Waals surface area (Å²) in [6.07, 6.45) is -5.88. The average molecular weight is 538 g/mol. The quantitative estimate of drug-likeness (QED) is 0.361. The number of hydrogen-bond donors (Lipinski definition) is 1. The highest BCUT2D eigenvalue weighted by Crippen LogP contribution is 2.34. The molecule has 1 aliphatic heterocycles. The van der Waals surface area contributed by atoms with Gasteiger partial charge in [0.2, 0.25) is 0 Å². The Morgan fingerprint density at radius 2 is 1.83 bits per heavy atom. The number of alkyl halides is 3. The van der Waals surface area contributed by atoms with E-state index in [-0.39, 0.29) is 12.0 Å². The summed E-state index contributed by atoms with van der Waals surface area (Å²) in [5, 5.41) is 1.89. The Kier molecular flexibility index (Phi) is 10.5. The number of amides is 1. The molecule has 0 bridgehead atoms. The third-order valence-electron chi connectivity index (χ3n) is 6.15. The predicted octanol–water partition coefficient (Wildman–Crippen LogP) is 3.23. The second kappa shape index (κ2) is 12.5. The van der Waals surface area contributed by atoms with Gasteiger partial charge in [-0.05, 0) is 24.5 Å². The Morgan fingerprint density at radius 3 is 2.33 bits per heavy atom. The molecule has 1 heterocycles. The molecule has 36 heavy (non-hydrogen) atoms. The Hall–Kier alpha value is -1.99. The van der Waals surface area contributed by atoms with E-state index in [1.807, 2.05) is 42.6 Å². The molecule has 7 atom stereocenters. The molecule has 1 aromatic rings. The molecule has 1 aliphatic rings. The predicted molar refractivity (Wildman–Crippen MR) is 126 cm³/mol. The van der Waals surface area contributed by atoms with Gasteiger partial charge in [0.25, 0.3) is 10.1 Å². The number of carbonyl (C=O) groups is 1. The Morgan fingerprint density at radius 1 is 1.22 bits per heavy atom. The highest BCUT2D eigenvalue weighted by Gasteiger charge is 2.50. The lowest BCUT2D eigenvalue weighted by atomic mass is 9.85. The van der Waals surface area contributed by atoms with Gasteiger partial charge in [-0.25, -0.2) is 0 Å². The van der Waals surface area contributed by atoms with Crippen LogP contribution in [0.3, 0.4) is 0 Å². The molecule has 0 radical (unpaired) electrons. The van der Waals surface area contributed by atoms with Crippen LogP contribution >= 0.6 is 0 Å².